The van der Waals surface area contributed by atoms with E-state index in [1.165, 1.54) is 18.4 Å². The van der Waals surface area contributed by atoms with Crippen LogP contribution in [0.25, 0.3) is 0 Å². The van der Waals surface area contributed by atoms with Gasteiger partial charge < -0.3 is 20.0 Å². The number of carboxylic acid groups (broad SMARTS) is 1. The van der Waals surface area contributed by atoms with Gasteiger partial charge in [-0.2, -0.15) is 0 Å². The lowest BCUT2D eigenvalue weighted by Gasteiger charge is -2.31. The number of methoxy groups -OCH3 is 1. The van der Waals surface area contributed by atoms with Crippen molar-refractivity contribution >= 4 is 34.2 Å². The first-order valence-corrected chi connectivity index (χ1v) is 8.52. The van der Waals surface area contributed by atoms with E-state index >= 15 is 0 Å². The third kappa shape index (κ3) is 3.90. The predicted molar refractivity (Wildman–Crippen MR) is 84.1 cm³/mol. The molecule has 1 aliphatic carbocycles. The van der Waals surface area contributed by atoms with Crippen molar-refractivity contribution in [3.05, 3.63) is 16.5 Å². The highest BCUT2D eigenvalue weighted by Gasteiger charge is 2.32. The second kappa shape index (κ2) is 7.59. The summed E-state index contributed by atoms with van der Waals surface area (Å²) in [6.07, 6.45) is 3.31. The Morgan fingerprint density at radius 1 is 1.30 bits per heavy atom. The van der Waals surface area contributed by atoms with Gasteiger partial charge >= 0.3 is 5.97 Å². The lowest BCUT2D eigenvalue weighted by molar-refractivity contribution is -0.313. The number of thiophene rings is 1. The molecule has 0 radical (unpaired) electrons. The molecule has 23 heavy (non-hydrogen) atoms. The number of esters is 1. The summed E-state index contributed by atoms with van der Waals surface area (Å²) < 4.78 is 4.73. The smallest absolute Gasteiger partial charge is 0.340 e. The summed E-state index contributed by atoms with van der Waals surface area (Å²) in [4.78, 5) is 36.5. The zero-order valence-corrected chi connectivity index (χ0v) is 14.0. The topological polar surface area (TPSA) is 95.5 Å². The van der Waals surface area contributed by atoms with Gasteiger partial charge in [-0.15, -0.1) is 11.3 Å². The molecule has 126 valence electrons. The lowest BCUT2D eigenvalue weighted by Crippen LogP contribution is -2.42. The van der Waals surface area contributed by atoms with Crippen molar-refractivity contribution in [3.63, 3.8) is 0 Å². The molecular weight excluding hydrogens is 318 g/mol. The quantitative estimate of drug-likeness (QED) is 0.823. The number of carbonyl (C=O) groups excluding carboxylic acids is 3. The summed E-state index contributed by atoms with van der Waals surface area (Å²) in [7, 11) is 1.28. The Morgan fingerprint density at radius 3 is 2.52 bits per heavy atom. The van der Waals surface area contributed by atoms with Crippen molar-refractivity contribution < 1.29 is 24.2 Å². The zero-order chi connectivity index (χ0) is 17.0. The summed E-state index contributed by atoms with van der Waals surface area (Å²) in [5.74, 6) is -3.45. The second-order valence-electron chi connectivity index (χ2n) is 5.61. The van der Waals surface area contributed by atoms with Crippen LogP contribution in [0.5, 0.6) is 0 Å². The molecule has 1 saturated carbocycles. The number of carboxylic acids is 1. The largest absolute Gasteiger partial charge is 0.550 e. The monoisotopic (exact) mass is 338 g/mol. The summed E-state index contributed by atoms with van der Waals surface area (Å²) >= 11 is 1.31. The third-order valence-electron chi connectivity index (χ3n) is 4.18. The number of aryl methyl sites for hydroxylation is 1. The fourth-order valence-electron chi connectivity index (χ4n) is 2.90. The van der Waals surface area contributed by atoms with E-state index in [1.54, 1.807) is 6.07 Å². The van der Waals surface area contributed by atoms with Crippen molar-refractivity contribution in [1.82, 2.24) is 0 Å². The first kappa shape index (κ1) is 17.5. The van der Waals surface area contributed by atoms with Crippen LogP contribution in [0.1, 0.15) is 47.8 Å². The first-order chi connectivity index (χ1) is 11.0. The van der Waals surface area contributed by atoms with Gasteiger partial charge in [0.15, 0.2) is 0 Å². The highest BCUT2D eigenvalue weighted by molar-refractivity contribution is 7.16. The molecule has 1 N–H and O–H groups in total. The Bertz CT molecular complexity index is 610. The van der Waals surface area contributed by atoms with Gasteiger partial charge in [-0.1, -0.05) is 19.8 Å². The van der Waals surface area contributed by atoms with E-state index in [-0.39, 0.29) is 5.91 Å². The lowest BCUT2D eigenvalue weighted by atomic mass is 9.79. The van der Waals surface area contributed by atoms with Crippen molar-refractivity contribution in [3.8, 4) is 0 Å². The van der Waals surface area contributed by atoms with Crippen LogP contribution >= 0.6 is 11.3 Å². The molecule has 0 spiro atoms. The van der Waals surface area contributed by atoms with Gasteiger partial charge in [0.1, 0.15) is 5.00 Å². The Morgan fingerprint density at radius 2 is 1.96 bits per heavy atom. The number of hydrogen-bond donors (Lipinski definition) is 1. The van der Waals surface area contributed by atoms with Crippen LogP contribution in [0.15, 0.2) is 6.07 Å². The number of rotatable bonds is 5. The number of anilines is 1. The van der Waals surface area contributed by atoms with Gasteiger partial charge in [0, 0.05) is 22.7 Å². The average molecular weight is 338 g/mol. The van der Waals surface area contributed by atoms with Crippen molar-refractivity contribution in [1.29, 1.82) is 0 Å². The summed E-state index contributed by atoms with van der Waals surface area (Å²) in [5.41, 5.74) is 0.309. The fraction of sp³-hybridized carbons (Fsp3) is 0.562. The van der Waals surface area contributed by atoms with Gasteiger partial charge in [-0.25, -0.2) is 4.79 Å². The molecule has 1 aliphatic rings. The summed E-state index contributed by atoms with van der Waals surface area (Å²) in [6, 6.07) is 1.70. The minimum atomic E-state index is -1.18. The van der Waals surface area contributed by atoms with E-state index < -0.39 is 23.8 Å². The Kier molecular flexibility index (Phi) is 5.76. The number of nitrogens with one attached hydrogen (secondary N) is 1. The van der Waals surface area contributed by atoms with E-state index in [2.05, 4.69) is 5.32 Å². The van der Waals surface area contributed by atoms with E-state index in [1.807, 2.05) is 6.92 Å². The van der Waals surface area contributed by atoms with Gasteiger partial charge in [0.25, 0.3) is 0 Å². The number of amides is 1. The molecule has 2 unspecified atom stereocenters. The minimum absolute atomic E-state index is 0.309. The Hall–Kier alpha value is -1.89. The highest BCUT2D eigenvalue weighted by atomic mass is 32.1. The summed E-state index contributed by atoms with van der Waals surface area (Å²) in [6.45, 7) is 1.95. The van der Waals surface area contributed by atoms with Crippen LogP contribution in [0.3, 0.4) is 0 Å². The molecule has 0 bridgehead atoms. The van der Waals surface area contributed by atoms with Crippen LogP contribution in [-0.4, -0.2) is 25.0 Å². The number of aliphatic carboxylic acids is 1. The molecular formula is C16H20NO5S-. The van der Waals surface area contributed by atoms with E-state index in [0.717, 1.165) is 24.1 Å². The van der Waals surface area contributed by atoms with Crippen molar-refractivity contribution in [2.24, 2.45) is 11.8 Å². The van der Waals surface area contributed by atoms with Crippen LogP contribution in [0, 0.1) is 11.8 Å². The van der Waals surface area contributed by atoms with Gasteiger partial charge in [-0.3, -0.25) is 4.79 Å². The van der Waals surface area contributed by atoms with Crippen LogP contribution in [0.4, 0.5) is 5.00 Å². The molecule has 1 fully saturated rings. The zero-order valence-electron chi connectivity index (χ0n) is 13.2. The van der Waals surface area contributed by atoms with Crippen LogP contribution < -0.4 is 10.4 Å². The first-order valence-electron chi connectivity index (χ1n) is 7.70. The number of ether oxygens (including phenoxy) is 1. The molecule has 0 aromatic carbocycles. The Labute approximate surface area is 138 Å². The SMILES string of the molecule is CCc1cc(C(=O)OC)c(NC(=O)C2CCCCC2C(=O)[O-])s1. The maximum atomic E-state index is 12.5. The van der Waals surface area contributed by atoms with E-state index in [9.17, 15) is 19.5 Å². The minimum Gasteiger partial charge on any atom is -0.550 e. The maximum absolute atomic E-state index is 12.5. The molecule has 1 aromatic rings. The molecule has 1 aromatic heterocycles. The predicted octanol–water partition coefficient (Wildman–Crippen LogP) is 1.59. The molecule has 2 atom stereocenters. The third-order valence-corrected chi connectivity index (χ3v) is 5.37. The average Bonchev–Trinajstić information content (AvgIpc) is 2.97. The maximum Gasteiger partial charge on any atom is 0.340 e. The number of carbonyl (C=O) groups is 3. The van der Waals surface area contributed by atoms with E-state index in [0.29, 0.717) is 23.4 Å². The molecule has 6 nitrogen and oxygen atoms in total. The molecule has 7 heteroatoms. The van der Waals surface area contributed by atoms with Crippen molar-refractivity contribution in [2.45, 2.75) is 39.0 Å². The summed E-state index contributed by atoms with van der Waals surface area (Å²) in [5, 5.41) is 14.4. The Balaban J connectivity index is 2.20. The molecule has 2 rings (SSSR count). The van der Waals surface area contributed by atoms with Gasteiger partial charge in [0.2, 0.25) is 5.91 Å². The number of hydrogen-bond acceptors (Lipinski definition) is 6. The van der Waals surface area contributed by atoms with Crippen molar-refractivity contribution in [2.75, 3.05) is 12.4 Å². The molecule has 1 heterocycles. The van der Waals surface area contributed by atoms with E-state index in [4.69, 9.17) is 4.74 Å². The molecule has 0 saturated heterocycles. The van der Waals surface area contributed by atoms with Gasteiger partial charge in [0.05, 0.1) is 12.7 Å². The van der Waals surface area contributed by atoms with Crippen LogP contribution in [-0.2, 0) is 20.7 Å². The standard InChI is InChI=1S/C16H21NO5S/c1-3-9-8-12(16(21)22-2)14(23-9)17-13(18)10-6-4-5-7-11(10)15(19)20/h8,10-11H,3-7H2,1-2H3,(H,17,18)(H,19,20)/p-1. The van der Waals surface area contributed by atoms with Gasteiger partial charge in [-0.05, 0) is 25.3 Å². The molecule has 0 aliphatic heterocycles. The fourth-order valence-corrected chi connectivity index (χ4v) is 3.89. The second-order valence-corrected chi connectivity index (χ2v) is 6.74. The normalized spacial score (nSPS) is 20.8. The highest BCUT2D eigenvalue weighted by Crippen LogP contribution is 2.33. The molecule has 1 amide bonds. The van der Waals surface area contributed by atoms with Crippen LogP contribution in [0.2, 0.25) is 0 Å².